The summed E-state index contributed by atoms with van der Waals surface area (Å²) < 4.78 is 22.1. The number of carbonyl (C=O) groups excluding carboxylic acids is 1. The van der Waals surface area contributed by atoms with Gasteiger partial charge in [-0.25, -0.2) is 8.93 Å². The number of nitrogens with zero attached hydrogens (tertiary/aromatic N) is 1. The van der Waals surface area contributed by atoms with E-state index in [0.29, 0.717) is 17.9 Å². The highest BCUT2D eigenvalue weighted by Crippen LogP contribution is 2.38. The van der Waals surface area contributed by atoms with E-state index < -0.39 is 16.9 Å². The summed E-state index contributed by atoms with van der Waals surface area (Å²) in [5, 5.41) is 1.58. The standard InChI is InChI=1S/C22H21N3O3S/c1-29(27)24-14-28-19-12-6-11-18-21(19)20-16(22(23)26)9-5-10-17(20)25(18)13-15-7-3-2-4-8-15/h2-12,24H,13-14H2,1H3,(H2,23,26). The Morgan fingerprint density at radius 2 is 1.69 bits per heavy atom. The number of nitrogens with two attached hydrogens (primary N) is 1. The third-order valence-electron chi connectivity index (χ3n) is 4.82. The Kier molecular flexibility index (Phi) is 5.33. The molecule has 1 heterocycles. The minimum atomic E-state index is -1.19. The van der Waals surface area contributed by atoms with Crippen molar-refractivity contribution in [2.75, 3.05) is 13.0 Å². The van der Waals surface area contributed by atoms with Gasteiger partial charge in [0.2, 0.25) is 5.91 Å². The van der Waals surface area contributed by atoms with E-state index in [9.17, 15) is 9.00 Å². The van der Waals surface area contributed by atoms with Gasteiger partial charge in [0.25, 0.3) is 0 Å². The van der Waals surface area contributed by atoms with Crippen LogP contribution in [0.25, 0.3) is 21.8 Å². The predicted molar refractivity (Wildman–Crippen MR) is 116 cm³/mol. The second-order valence-corrected chi connectivity index (χ2v) is 7.87. The third-order valence-corrected chi connectivity index (χ3v) is 5.34. The van der Waals surface area contributed by atoms with Gasteiger partial charge in [0.15, 0.2) is 0 Å². The van der Waals surface area contributed by atoms with Crippen molar-refractivity contribution in [2.45, 2.75) is 6.54 Å². The summed E-state index contributed by atoms with van der Waals surface area (Å²) in [5.74, 6) is 0.114. The van der Waals surface area contributed by atoms with E-state index >= 15 is 0 Å². The Bertz CT molecular complexity index is 1220. The Morgan fingerprint density at radius 3 is 2.38 bits per heavy atom. The number of hydrogen-bond donors (Lipinski definition) is 2. The Labute approximate surface area is 170 Å². The predicted octanol–water partition coefficient (Wildman–Crippen LogP) is 3.16. The zero-order valence-corrected chi connectivity index (χ0v) is 16.7. The smallest absolute Gasteiger partial charge is 0.249 e. The number of primary amides is 1. The van der Waals surface area contributed by atoms with Gasteiger partial charge in [-0.2, -0.15) is 0 Å². The monoisotopic (exact) mass is 407 g/mol. The largest absolute Gasteiger partial charge is 0.477 e. The summed E-state index contributed by atoms with van der Waals surface area (Å²) in [7, 11) is -1.19. The van der Waals surface area contributed by atoms with Crippen LogP contribution in [0, 0.1) is 0 Å². The first-order chi connectivity index (χ1) is 14.1. The van der Waals surface area contributed by atoms with Crippen molar-refractivity contribution in [1.82, 2.24) is 9.29 Å². The molecule has 0 saturated carbocycles. The molecule has 29 heavy (non-hydrogen) atoms. The number of amides is 1. The molecular weight excluding hydrogens is 386 g/mol. The van der Waals surface area contributed by atoms with Crippen LogP contribution >= 0.6 is 0 Å². The highest BCUT2D eigenvalue weighted by atomic mass is 32.2. The van der Waals surface area contributed by atoms with Crippen molar-refractivity contribution in [3.05, 3.63) is 77.9 Å². The molecule has 0 saturated heterocycles. The molecule has 0 fully saturated rings. The Balaban J connectivity index is 1.96. The molecule has 1 unspecified atom stereocenters. The molecule has 148 valence electrons. The summed E-state index contributed by atoms with van der Waals surface area (Å²) in [6, 6.07) is 21.4. The van der Waals surface area contributed by atoms with Gasteiger partial charge in [-0.1, -0.05) is 42.5 Å². The van der Waals surface area contributed by atoms with Crippen molar-refractivity contribution in [3.63, 3.8) is 0 Å². The van der Waals surface area contributed by atoms with Crippen LogP contribution in [0.1, 0.15) is 15.9 Å². The number of nitrogens with one attached hydrogen (secondary N) is 1. The Hall–Kier alpha value is -3.16. The summed E-state index contributed by atoms with van der Waals surface area (Å²) in [6.45, 7) is 0.732. The second-order valence-electron chi connectivity index (χ2n) is 6.67. The molecule has 3 aromatic carbocycles. The van der Waals surface area contributed by atoms with Crippen molar-refractivity contribution in [3.8, 4) is 5.75 Å². The van der Waals surface area contributed by atoms with Crippen LogP contribution in [0.4, 0.5) is 0 Å². The number of fused-ring (bicyclic) bond motifs is 3. The molecule has 0 aliphatic rings. The maximum atomic E-state index is 12.2. The molecule has 1 amide bonds. The number of ether oxygens (including phenoxy) is 1. The number of aromatic nitrogens is 1. The quantitative estimate of drug-likeness (QED) is 0.462. The first-order valence-electron chi connectivity index (χ1n) is 9.13. The Morgan fingerprint density at radius 1 is 1.00 bits per heavy atom. The lowest BCUT2D eigenvalue weighted by atomic mass is 10.1. The third kappa shape index (κ3) is 3.74. The molecule has 1 aromatic heterocycles. The van der Waals surface area contributed by atoms with Gasteiger partial charge in [0, 0.05) is 23.8 Å². The van der Waals surface area contributed by atoms with E-state index in [1.54, 1.807) is 12.3 Å². The highest BCUT2D eigenvalue weighted by molar-refractivity contribution is 7.82. The minimum absolute atomic E-state index is 0.0896. The maximum absolute atomic E-state index is 12.2. The first-order valence-corrected chi connectivity index (χ1v) is 10.7. The fraction of sp³-hybridized carbons (Fsp3) is 0.136. The number of benzene rings is 3. The molecule has 0 bridgehead atoms. The lowest BCUT2D eigenvalue weighted by Crippen LogP contribution is -2.21. The fourth-order valence-electron chi connectivity index (χ4n) is 3.61. The molecule has 6 nitrogen and oxygen atoms in total. The molecule has 1 atom stereocenters. The lowest BCUT2D eigenvalue weighted by Gasteiger charge is -2.09. The number of rotatable bonds is 7. The van der Waals surface area contributed by atoms with Crippen LogP contribution in [-0.2, 0) is 17.5 Å². The summed E-state index contributed by atoms with van der Waals surface area (Å²) in [6.07, 6.45) is 1.54. The van der Waals surface area contributed by atoms with Gasteiger partial charge in [0.05, 0.1) is 27.4 Å². The normalized spacial score (nSPS) is 12.3. The van der Waals surface area contributed by atoms with Gasteiger partial charge < -0.3 is 15.0 Å². The van der Waals surface area contributed by atoms with E-state index in [0.717, 1.165) is 27.4 Å². The van der Waals surface area contributed by atoms with Crippen LogP contribution in [0.2, 0.25) is 0 Å². The zero-order valence-electron chi connectivity index (χ0n) is 15.9. The molecule has 0 aliphatic carbocycles. The van der Waals surface area contributed by atoms with Crippen molar-refractivity contribution < 1.29 is 13.7 Å². The SMILES string of the molecule is CS(=O)NCOc1cccc2c1c1c(C(N)=O)cccc1n2Cc1ccccc1. The van der Waals surface area contributed by atoms with Crippen molar-refractivity contribution in [2.24, 2.45) is 5.73 Å². The number of carbonyl (C=O) groups is 1. The topological polar surface area (TPSA) is 86.3 Å². The molecule has 0 spiro atoms. The van der Waals surface area contributed by atoms with E-state index in [4.69, 9.17) is 10.5 Å². The summed E-state index contributed by atoms with van der Waals surface area (Å²) >= 11 is 0. The summed E-state index contributed by atoms with van der Waals surface area (Å²) in [4.78, 5) is 12.2. The highest BCUT2D eigenvalue weighted by Gasteiger charge is 2.19. The number of hydrogen-bond acceptors (Lipinski definition) is 3. The fourth-order valence-corrected chi connectivity index (χ4v) is 3.83. The van der Waals surface area contributed by atoms with E-state index in [1.165, 1.54) is 0 Å². The van der Waals surface area contributed by atoms with Crippen LogP contribution in [0.15, 0.2) is 66.7 Å². The van der Waals surface area contributed by atoms with Crippen molar-refractivity contribution >= 4 is 38.7 Å². The molecule has 0 aliphatic heterocycles. The molecule has 4 aromatic rings. The molecule has 7 heteroatoms. The van der Waals surface area contributed by atoms with Crippen LogP contribution in [-0.4, -0.2) is 27.7 Å². The minimum Gasteiger partial charge on any atom is -0.477 e. The molecule has 0 radical (unpaired) electrons. The van der Waals surface area contributed by atoms with E-state index in [-0.39, 0.29) is 6.73 Å². The average Bonchev–Trinajstić information content (AvgIpc) is 3.03. The van der Waals surface area contributed by atoms with Gasteiger partial charge in [0.1, 0.15) is 12.5 Å². The first kappa shape index (κ1) is 19.2. The van der Waals surface area contributed by atoms with Crippen LogP contribution < -0.4 is 15.2 Å². The van der Waals surface area contributed by atoms with Crippen molar-refractivity contribution in [1.29, 1.82) is 0 Å². The van der Waals surface area contributed by atoms with Crippen LogP contribution in [0.5, 0.6) is 5.75 Å². The lowest BCUT2D eigenvalue weighted by molar-refractivity contribution is 0.100. The zero-order chi connectivity index (χ0) is 20.4. The second kappa shape index (κ2) is 8.06. The molecular formula is C22H21N3O3S. The van der Waals surface area contributed by atoms with Gasteiger partial charge in [-0.05, 0) is 29.8 Å². The van der Waals surface area contributed by atoms with Gasteiger partial charge in [-0.3, -0.25) is 4.79 Å². The summed E-state index contributed by atoms with van der Waals surface area (Å²) in [5.41, 5.74) is 9.11. The van der Waals surface area contributed by atoms with Gasteiger partial charge in [-0.15, -0.1) is 0 Å². The van der Waals surface area contributed by atoms with Gasteiger partial charge >= 0.3 is 0 Å². The molecule has 4 rings (SSSR count). The van der Waals surface area contributed by atoms with E-state index in [2.05, 4.69) is 21.4 Å². The maximum Gasteiger partial charge on any atom is 0.249 e. The average molecular weight is 407 g/mol. The molecule has 3 N–H and O–H groups in total. The van der Waals surface area contributed by atoms with Crippen LogP contribution in [0.3, 0.4) is 0 Å². The van der Waals surface area contributed by atoms with E-state index in [1.807, 2.05) is 48.5 Å².